The van der Waals surface area contributed by atoms with Crippen LogP contribution in [0.1, 0.15) is 18.6 Å². The second kappa shape index (κ2) is 6.05. The molecule has 0 aliphatic carbocycles. The third kappa shape index (κ3) is 3.11. The average Bonchev–Trinajstić information content (AvgIpc) is 2.56. The molecule has 1 aliphatic rings. The Morgan fingerprint density at radius 1 is 1.00 bits per heavy atom. The van der Waals surface area contributed by atoms with Crippen LogP contribution >= 0.6 is 0 Å². The molecule has 3 rings (SSSR count). The third-order valence-electron chi connectivity index (χ3n) is 3.69. The number of piperazine rings is 1. The van der Waals surface area contributed by atoms with E-state index in [1.54, 1.807) is 25.5 Å². The summed E-state index contributed by atoms with van der Waals surface area (Å²) >= 11 is 0. The lowest BCUT2D eigenvalue weighted by Crippen LogP contribution is -2.47. The summed E-state index contributed by atoms with van der Waals surface area (Å²) < 4.78 is 0. The monoisotopic (exact) mass is 285 g/mol. The zero-order valence-corrected chi connectivity index (χ0v) is 12.1. The van der Waals surface area contributed by atoms with Gasteiger partial charge in [-0.1, -0.05) is 6.07 Å². The number of pyridine rings is 1. The van der Waals surface area contributed by atoms with E-state index >= 15 is 0 Å². The zero-order valence-electron chi connectivity index (χ0n) is 12.1. The van der Waals surface area contributed by atoms with Gasteiger partial charge in [0.25, 0.3) is 0 Å². The van der Waals surface area contributed by atoms with Crippen molar-refractivity contribution in [2.75, 3.05) is 36.0 Å². The Labute approximate surface area is 124 Å². The van der Waals surface area contributed by atoms with E-state index in [-0.39, 0.29) is 0 Å². The van der Waals surface area contributed by atoms with Gasteiger partial charge in [-0.15, -0.1) is 0 Å². The molecular formula is C15H19N5O. The number of nitrogens with zero attached hydrogens (tertiary/aromatic N) is 5. The lowest BCUT2D eigenvalue weighted by Gasteiger charge is -2.35. The fourth-order valence-electron chi connectivity index (χ4n) is 2.42. The standard InChI is InChI=1S/C15H19N5O/c1-12(21)13-3-4-14(18-11-13)19-7-9-20(10-8-19)15-16-5-2-6-17-15/h2-6,11-12,21H,7-10H2,1H3/t12-/m1/s1. The highest BCUT2D eigenvalue weighted by Gasteiger charge is 2.19. The first-order chi connectivity index (χ1) is 10.2. The predicted molar refractivity (Wildman–Crippen MR) is 81.3 cm³/mol. The van der Waals surface area contributed by atoms with Crippen molar-refractivity contribution in [2.24, 2.45) is 0 Å². The second-order valence-electron chi connectivity index (χ2n) is 5.15. The molecular weight excluding hydrogens is 266 g/mol. The number of aromatic nitrogens is 3. The first kappa shape index (κ1) is 13.8. The number of anilines is 2. The maximum Gasteiger partial charge on any atom is 0.225 e. The minimum Gasteiger partial charge on any atom is -0.389 e. The normalized spacial score (nSPS) is 16.9. The molecule has 0 aromatic carbocycles. The summed E-state index contributed by atoms with van der Waals surface area (Å²) in [5.74, 6) is 1.74. The van der Waals surface area contributed by atoms with E-state index in [2.05, 4.69) is 24.8 Å². The Morgan fingerprint density at radius 3 is 2.24 bits per heavy atom. The van der Waals surface area contributed by atoms with Gasteiger partial charge in [0.05, 0.1) is 6.10 Å². The van der Waals surface area contributed by atoms with Crippen LogP contribution < -0.4 is 9.80 Å². The van der Waals surface area contributed by atoms with Crippen molar-refractivity contribution in [3.63, 3.8) is 0 Å². The molecule has 1 N–H and O–H groups in total. The molecule has 3 heterocycles. The molecule has 0 saturated carbocycles. The van der Waals surface area contributed by atoms with Crippen LogP contribution in [-0.2, 0) is 0 Å². The molecule has 6 nitrogen and oxygen atoms in total. The maximum absolute atomic E-state index is 9.51. The zero-order chi connectivity index (χ0) is 14.7. The molecule has 0 amide bonds. The Hall–Kier alpha value is -2.21. The fourth-order valence-corrected chi connectivity index (χ4v) is 2.42. The maximum atomic E-state index is 9.51. The molecule has 0 spiro atoms. The number of hydrogen-bond acceptors (Lipinski definition) is 6. The van der Waals surface area contributed by atoms with Gasteiger partial charge in [0.2, 0.25) is 5.95 Å². The summed E-state index contributed by atoms with van der Waals surface area (Å²) in [6.07, 6.45) is 4.81. The molecule has 6 heteroatoms. The lowest BCUT2D eigenvalue weighted by atomic mass is 10.2. The Bertz CT molecular complexity index is 564. The number of rotatable bonds is 3. The highest BCUT2D eigenvalue weighted by molar-refractivity contribution is 5.43. The van der Waals surface area contributed by atoms with Gasteiger partial charge >= 0.3 is 0 Å². The Morgan fingerprint density at radius 2 is 1.67 bits per heavy atom. The molecule has 1 saturated heterocycles. The van der Waals surface area contributed by atoms with Gasteiger partial charge in [-0.3, -0.25) is 0 Å². The van der Waals surface area contributed by atoms with E-state index in [0.29, 0.717) is 0 Å². The molecule has 0 radical (unpaired) electrons. The van der Waals surface area contributed by atoms with Crippen LogP contribution in [0.3, 0.4) is 0 Å². The topological polar surface area (TPSA) is 65.4 Å². The van der Waals surface area contributed by atoms with E-state index in [9.17, 15) is 5.11 Å². The number of aliphatic hydroxyl groups excluding tert-OH is 1. The molecule has 1 aliphatic heterocycles. The number of aliphatic hydroxyl groups is 1. The van der Waals surface area contributed by atoms with Crippen LogP contribution in [0, 0.1) is 0 Å². The summed E-state index contributed by atoms with van der Waals surface area (Å²) in [6, 6.07) is 5.73. The van der Waals surface area contributed by atoms with Gasteiger partial charge in [0, 0.05) is 44.8 Å². The van der Waals surface area contributed by atoms with Crippen molar-refractivity contribution in [3.8, 4) is 0 Å². The smallest absolute Gasteiger partial charge is 0.225 e. The summed E-state index contributed by atoms with van der Waals surface area (Å²) in [5.41, 5.74) is 0.843. The average molecular weight is 285 g/mol. The van der Waals surface area contributed by atoms with Crippen molar-refractivity contribution >= 4 is 11.8 Å². The third-order valence-corrected chi connectivity index (χ3v) is 3.69. The highest BCUT2D eigenvalue weighted by atomic mass is 16.3. The van der Waals surface area contributed by atoms with Crippen molar-refractivity contribution in [3.05, 3.63) is 42.4 Å². The SMILES string of the molecule is C[C@@H](O)c1ccc(N2CCN(c3ncccn3)CC2)nc1. The largest absolute Gasteiger partial charge is 0.389 e. The van der Waals surface area contributed by atoms with Gasteiger partial charge in [0.15, 0.2) is 0 Å². The molecule has 0 bridgehead atoms. The van der Waals surface area contributed by atoms with Gasteiger partial charge in [0.1, 0.15) is 5.82 Å². The molecule has 1 atom stereocenters. The van der Waals surface area contributed by atoms with Gasteiger partial charge in [-0.25, -0.2) is 15.0 Å². The van der Waals surface area contributed by atoms with E-state index in [4.69, 9.17) is 0 Å². The van der Waals surface area contributed by atoms with E-state index in [1.165, 1.54) is 0 Å². The minimum atomic E-state index is -0.473. The number of hydrogen-bond donors (Lipinski definition) is 1. The molecule has 21 heavy (non-hydrogen) atoms. The van der Waals surface area contributed by atoms with Gasteiger partial charge < -0.3 is 14.9 Å². The van der Waals surface area contributed by atoms with Crippen molar-refractivity contribution in [1.82, 2.24) is 15.0 Å². The highest BCUT2D eigenvalue weighted by Crippen LogP contribution is 2.18. The summed E-state index contributed by atoms with van der Waals surface area (Å²) in [6.45, 7) is 5.28. The van der Waals surface area contributed by atoms with Crippen LogP contribution in [0.5, 0.6) is 0 Å². The van der Waals surface area contributed by atoms with Crippen molar-refractivity contribution in [1.29, 1.82) is 0 Å². The summed E-state index contributed by atoms with van der Waals surface area (Å²) in [4.78, 5) is 17.4. The van der Waals surface area contributed by atoms with Crippen molar-refractivity contribution < 1.29 is 5.11 Å². The van der Waals surface area contributed by atoms with E-state index in [1.807, 2.05) is 18.2 Å². The molecule has 0 unspecified atom stereocenters. The lowest BCUT2D eigenvalue weighted by molar-refractivity contribution is 0.199. The van der Waals surface area contributed by atoms with Crippen LogP contribution in [-0.4, -0.2) is 46.2 Å². The van der Waals surface area contributed by atoms with Gasteiger partial charge in [-0.2, -0.15) is 0 Å². The Balaban J connectivity index is 1.63. The van der Waals surface area contributed by atoms with Crippen molar-refractivity contribution in [2.45, 2.75) is 13.0 Å². The van der Waals surface area contributed by atoms with Crippen LogP contribution in [0.15, 0.2) is 36.8 Å². The predicted octanol–water partition coefficient (Wildman–Crippen LogP) is 1.25. The molecule has 1 fully saturated rings. The Kier molecular flexibility index (Phi) is 3.96. The molecule has 2 aromatic heterocycles. The van der Waals surface area contributed by atoms with Gasteiger partial charge in [-0.05, 0) is 24.6 Å². The quantitative estimate of drug-likeness (QED) is 0.915. The summed E-state index contributed by atoms with van der Waals surface area (Å²) in [5, 5.41) is 9.51. The molecule has 2 aromatic rings. The van der Waals surface area contributed by atoms with Crippen LogP contribution in [0.4, 0.5) is 11.8 Å². The fraction of sp³-hybridized carbons (Fsp3) is 0.400. The minimum absolute atomic E-state index is 0.473. The first-order valence-electron chi connectivity index (χ1n) is 7.15. The summed E-state index contributed by atoms with van der Waals surface area (Å²) in [7, 11) is 0. The van der Waals surface area contributed by atoms with E-state index in [0.717, 1.165) is 43.5 Å². The van der Waals surface area contributed by atoms with E-state index < -0.39 is 6.10 Å². The first-order valence-corrected chi connectivity index (χ1v) is 7.15. The van der Waals surface area contributed by atoms with Crippen LogP contribution in [0.25, 0.3) is 0 Å². The second-order valence-corrected chi connectivity index (χ2v) is 5.15. The molecule has 110 valence electrons. The van der Waals surface area contributed by atoms with Crippen LogP contribution in [0.2, 0.25) is 0 Å².